The smallest absolute Gasteiger partial charge is 0.0696 e. The van der Waals surface area contributed by atoms with E-state index in [-0.39, 0.29) is 0 Å². The van der Waals surface area contributed by atoms with E-state index >= 15 is 0 Å². The van der Waals surface area contributed by atoms with Gasteiger partial charge in [0.1, 0.15) is 0 Å². The molecule has 4 nitrogen and oxygen atoms in total. The van der Waals surface area contributed by atoms with Crippen molar-refractivity contribution in [3.05, 3.63) is 118 Å². The van der Waals surface area contributed by atoms with Gasteiger partial charge in [-0.2, -0.15) is 0 Å². The molecule has 3 aromatic heterocycles. The lowest BCUT2D eigenvalue weighted by Crippen LogP contribution is -2.13. The molecular weight excluding hydrogens is 585 g/mol. The van der Waals surface area contributed by atoms with Crippen molar-refractivity contribution >= 4 is 46.4 Å². The van der Waals surface area contributed by atoms with Crippen molar-refractivity contribution in [2.45, 2.75) is 101 Å². The third-order valence-electron chi connectivity index (χ3n) is 11.3. The fourth-order valence-electron chi connectivity index (χ4n) is 9.05. The molecule has 0 spiro atoms. The Labute approximate surface area is 284 Å². The molecule has 242 valence electrons. The SMILES string of the molecule is C1=CC(c2c(C3C=CCCC3)c3c(C4C=CCCC4)c4nc(cc5ccc(cc6nc(cc2n3C2C=CCCC2)C=C6)[nH]5)C=C4)CCC1. The van der Waals surface area contributed by atoms with Crippen LogP contribution in [-0.2, 0) is 0 Å². The van der Waals surface area contributed by atoms with Crippen LogP contribution in [0.5, 0.6) is 0 Å². The summed E-state index contributed by atoms with van der Waals surface area (Å²) in [6.07, 6.45) is 43.1. The molecule has 0 aromatic carbocycles. The molecule has 6 aliphatic rings. The van der Waals surface area contributed by atoms with Gasteiger partial charge in [0.2, 0.25) is 0 Å². The predicted octanol–water partition coefficient (Wildman–Crippen LogP) is 11.9. The molecule has 0 radical (unpaired) electrons. The van der Waals surface area contributed by atoms with Gasteiger partial charge < -0.3 is 9.55 Å². The molecule has 0 saturated heterocycles. The molecule has 0 fully saturated rings. The largest absolute Gasteiger partial charge is 0.355 e. The van der Waals surface area contributed by atoms with Crippen LogP contribution in [0, 0.1) is 0 Å². The molecule has 2 aliphatic heterocycles. The van der Waals surface area contributed by atoms with Gasteiger partial charge in [0.15, 0.2) is 0 Å². The van der Waals surface area contributed by atoms with Gasteiger partial charge in [0.05, 0.1) is 34.3 Å². The Morgan fingerprint density at radius 2 is 1.08 bits per heavy atom. The number of H-pyrrole nitrogens is 1. The first kappa shape index (κ1) is 29.7. The van der Waals surface area contributed by atoms with Crippen molar-refractivity contribution in [2.75, 3.05) is 0 Å². The zero-order valence-electron chi connectivity index (χ0n) is 28.0. The molecule has 1 N–H and O–H groups in total. The van der Waals surface area contributed by atoms with Crippen LogP contribution in [0.4, 0.5) is 0 Å². The summed E-state index contributed by atoms with van der Waals surface area (Å²) in [6, 6.07) is 11.4. The van der Waals surface area contributed by atoms with E-state index in [0.29, 0.717) is 23.8 Å². The van der Waals surface area contributed by atoms with Crippen molar-refractivity contribution in [1.82, 2.24) is 19.5 Å². The van der Waals surface area contributed by atoms with Crippen LogP contribution in [0.2, 0.25) is 0 Å². The minimum atomic E-state index is 0.298. The maximum absolute atomic E-state index is 5.45. The van der Waals surface area contributed by atoms with Crippen LogP contribution < -0.4 is 0 Å². The summed E-state index contributed by atoms with van der Waals surface area (Å²) in [6.45, 7) is 0. The van der Waals surface area contributed by atoms with Crippen molar-refractivity contribution in [3.8, 4) is 0 Å². The van der Waals surface area contributed by atoms with Crippen LogP contribution in [0.25, 0.3) is 46.4 Å². The molecule has 4 heteroatoms. The number of aromatic amines is 1. The summed E-state index contributed by atoms with van der Waals surface area (Å²) in [4.78, 5) is 14.2. The van der Waals surface area contributed by atoms with Gasteiger partial charge in [-0.1, -0.05) is 48.6 Å². The number of hydrogen-bond acceptors (Lipinski definition) is 2. The van der Waals surface area contributed by atoms with Gasteiger partial charge in [0, 0.05) is 39.9 Å². The topological polar surface area (TPSA) is 46.5 Å². The Morgan fingerprint density at radius 3 is 1.69 bits per heavy atom. The van der Waals surface area contributed by atoms with Crippen molar-refractivity contribution in [1.29, 1.82) is 0 Å². The second-order valence-corrected chi connectivity index (χ2v) is 14.5. The highest BCUT2D eigenvalue weighted by molar-refractivity contribution is 5.86. The first-order valence-corrected chi connectivity index (χ1v) is 18.6. The normalized spacial score (nSPS) is 24.8. The average Bonchev–Trinajstić information content (AvgIpc) is 3.95. The number of allylic oxidation sites excluding steroid dienone is 8. The van der Waals surface area contributed by atoms with Gasteiger partial charge in [0.25, 0.3) is 0 Å². The summed E-state index contributed by atoms with van der Waals surface area (Å²) in [5, 5.41) is 0. The minimum Gasteiger partial charge on any atom is -0.355 e. The average molecular weight is 631 g/mol. The van der Waals surface area contributed by atoms with Gasteiger partial charge in [-0.15, -0.1) is 0 Å². The van der Waals surface area contributed by atoms with Crippen LogP contribution in [0.1, 0.15) is 140 Å². The van der Waals surface area contributed by atoms with Gasteiger partial charge in [-0.25, -0.2) is 9.97 Å². The van der Waals surface area contributed by atoms with Gasteiger partial charge in [-0.3, -0.25) is 0 Å². The summed E-state index contributed by atoms with van der Waals surface area (Å²) in [5.74, 6) is 1.10. The summed E-state index contributed by atoms with van der Waals surface area (Å²) in [5.41, 5.74) is 13.6. The molecule has 8 bridgehead atoms. The molecular formula is C44H46N4. The number of nitrogens with zero attached hydrogens (tertiary/aromatic N) is 3. The maximum Gasteiger partial charge on any atom is 0.0696 e. The fraction of sp³-hybridized carbons (Fsp3) is 0.364. The Hall–Kier alpha value is -4.44. The first-order valence-electron chi connectivity index (χ1n) is 18.6. The Bertz CT molecular complexity index is 2080. The maximum atomic E-state index is 5.45. The lowest BCUT2D eigenvalue weighted by molar-refractivity contribution is 0.537. The van der Waals surface area contributed by atoms with E-state index in [4.69, 9.17) is 9.97 Å². The quantitative estimate of drug-likeness (QED) is 0.201. The molecule has 3 aromatic rings. The molecule has 5 heterocycles. The third kappa shape index (κ3) is 5.59. The monoisotopic (exact) mass is 630 g/mol. The molecule has 0 saturated carbocycles. The lowest BCUT2D eigenvalue weighted by atomic mass is 9.79. The van der Waals surface area contributed by atoms with Crippen LogP contribution in [0.15, 0.2) is 78.9 Å². The summed E-state index contributed by atoms with van der Waals surface area (Å²) < 4.78 is 2.79. The van der Waals surface area contributed by atoms with Gasteiger partial charge in [-0.05, 0) is 143 Å². The predicted molar refractivity (Wildman–Crippen MR) is 202 cm³/mol. The molecule has 4 unspecified atom stereocenters. The van der Waals surface area contributed by atoms with E-state index in [1.54, 1.807) is 11.1 Å². The van der Waals surface area contributed by atoms with E-state index in [1.165, 1.54) is 68.0 Å². The highest BCUT2D eigenvalue weighted by Crippen LogP contribution is 2.49. The summed E-state index contributed by atoms with van der Waals surface area (Å²) >= 11 is 0. The second kappa shape index (κ2) is 12.9. The molecule has 9 rings (SSSR count). The standard InChI is InChI=1S/C44H46N4/c1-5-13-30(14-6-1)41-39-26-25-36(47-39)28-35-22-21-33(45-35)27-34-23-24-37(46-34)29-40-42(31-15-7-2-8-16-31)43(32-17-9-3-10-18-32)44(41)48(40)38-19-11-4-12-20-38/h5,7,9,11,13,15,17,19,21-32,38,45H,1-4,6,8,10,12,14,16,18,20H2. The number of rotatable bonds is 4. The van der Waals surface area contributed by atoms with Gasteiger partial charge >= 0.3 is 0 Å². The van der Waals surface area contributed by atoms with Crippen LogP contribution in [-0.4, -0.2) is 19.5 Å². The van der Waals surface area contributed by atoms with E-state index in [2.05, 4.69) is 113 Å². The zero-order chi connectivity index (χ0) is 31.9. The van der Waals surface area contributed by atoms with Crippen LogP contribution >= 0.6 is 0 Å². The highest BCUT2D eigenvalue weighted by atomic mass is 15.0. The number of nitrogens with one attached hydrogen (secondary N) is 1. The zero-order valence-corrected chi connectivity index (χ0v) is 28.0. The molecule has 0 amide bonds. The minimum absolute atomic E-state index is 0.298. The van der Waals surface area contributed by atoms with E-state index in [1.807, 2.05) is 0 Å². The first-order chi connectivity index (χ1) is 23.8. The fourth-order valence-corrected chi connectivity index (χ4v) is 9.05. The number of aromatic nitrogens is 4. The highest BCUT2D eigenvalue weighted by Gasteiger charge is 2.33. The number of fused-ring (bicyclic) bond motifs is 8. The van der Waals surface area contributed by atoms with Crippen molar-refractivity contribution in [2.24, 2.45) is 0 Å². The molecule has 4 aliphatic carbocycles. The number of hydrogen-bond donors (Lipinski definition) is 1. The van der Waals surface area contributed by atoms with Crippen LogP contribution in [0.3, 0.4) is 0 Å². The van der Waals surface area contributed by atoms with Crippen molar-refractivity contribution in [3.63, 3.8) is 0 Å². The Kier molecular flexibility index (Phi) is 7.96. The lowest BCUT2D eigenvalue weighted by Gasteiger charge is -2.26. The van der Waals surface area contributed by atoms with E-state index in [0.717, 1.165) is 59.5 Å². The van der Waals surface area contributed by atoms with E-state index in [9.17, 15) is 0 Å². The summed E-state index contributed by atoms with van der Waals surface area (Å²) in [7, 11) is 0. The Balaban J connectivity index is 1.51. The molecule has 48 heavy (non-hydrogen) atoms. The van der Waals surface area contributed by atoms with E-state index < -0.39 is 0 Å². The van der Waals surface area contributed by atoms with Crippen molar-refractivity contribution < 1.29 is 0 Å². The third-order valence-corrected chi connectivity index (χ3v) is 11.3. The Morgan fingerprint density at radius 1 is 0.542 bits per heavy atom. The molecule has 4 atom stereocenters. The second-order valence-electron chi connectivity index (χ2n) is 14.5.